The zero-order valence-corrected chi connectivity index (χ0v) is 12.3. The molecule has 3 aromatic rings. The summed E-state index contributed by atoms with van der Waals surface area (Å²) in [7, 11) is 0. The molecule has 0 aliphatic heterocycles. The molecule has 0 saturated carbocycles. The summed E-state index contributed by atoms with van der Waals surface area (Å²) in [5.41, 5.74) is 2.29. The van der Waals surface area contributed by atoms with Gasteiger partial charge in [0, 0.05) is 12.4 Å². The molecule has 0 unspecified atom stereocenters. The van der Waals surface area contributed by atoms with Crippen molar-refractivity contribution in [2.24, 2.45) is 0 Å². The Bertz CT molecular complexity index is 798. The Hall–Kier alpha value is -3.27. The van der Waals surface area contributed by atoms with Crippen molar-refractivity contribution < 1.29 is 9.53 Å². The van der Waals surface area contributed by atoms with Crippen molar-refractivity contribution in [2.75, 3.05) is 0 Å². The first kappa shape index (κ1) is 14.7. The van der Waals surface area contributed by atoms with Gasteiger partial charge in [0.25, 0.3) is 0 Å². The summed E-state index contributed by atoms with van der Waals surface area (Å²) >= 11 is 0. The molecule has 112 valence electrons. The molecule has 0 aliphatic carbocycles. The van der Waals surface area contributed by atoms with Gasteiger partial charge in [0.05, 0.1) is 17.5 Å². The average Bonchev–Trinajstić information content (AvgIpc) is 2.63. The lowest BCUT2D eigenvalue weighted by Crippen LogP contribution is -2.07. The van der Waals surface area contributed by atoms with Crippen LogP contribution in [0.15, 0.2) is 73.2 Å². The third-order valence-electron chi connectivity index (χ3n) is 3.13. The third-order valence-corrected chi connectivity index (χ3v) is 3.13. The monoisotopic (exact) mass is 302 g/mol. The van der Waals surface area contributed by atoms with Gasteiger partial charge < -0.3 is 4.74 Å². The van der Waals surface area contributed by atoms with E-state index in [-0.39, 0.29) is 5.97 Å². The maximum Gasteiger partial charge on any atom is 0.343 e. The number of esters is 1. The van der Waals surface area contributed by atoms with Gasteiger partial charge >= 0.3 is 5.97 Å². The Morgan fingerprint density at radius 1 is 0.913 bits per heavy atom. The quantitative estimate of drug-likeness (QED) is 0.542. The molecule has 2 aromatic carbocycles. The van der Waals surface area contributed by atoms with E-state index in [0.29, 0.717) is 11.3 Å². The number of nitrogens with zero attached hydrogens (tertiary/aromatic N) is 2. The molecule has 0 fully saturated rings. The van der Waals surface area contributed by atoms with E-state index < -0.39 is 0 Å². The van der Waals surface area contributed by atoms with Crippen molar-refractivity contribution in [2.45, 2.75) is 0 Å². The van der Waals surface area contributed by atoms with Gasteiger partial charge in [-0.2, -0.15) is 0 Å². The van der Waals surface area contributed by atoms with Crippen LogP contribution >= 0.6 is 0 Å². The number of rotatable bonds is 4. The lowest BCUT2D eigenvalue weighted by atomic mass is 10.2. The highest BCUT2D eigenvalue weighted by molar-refractivity contribution is 5.91. The fraction of sp³-hybridized carbons (Fsp3) is 0. The van der Waals surface area contributed by atoms with Gasteiger partial charge in [0.15, 0.2) is 0 Å². The maximum atomic E-state index is 12.0. The van der Waals surface area contributed by atoms with Crippen LogP contribution in [0.5, 0.6) is 5.75 Å². The minimum Gasteiger partial charge on any atom is -0.423 e. The number of carbonyl (C=O) groups excluding carboxylic acids is 1. The summed E-state index contributed by atoms with van der Waals surface area (Å²) in [6.45, 7) is 0. The van der Waals surface area contributed by atoms with Crippen molar-refractivity contribution in [3.05, 3.63) is 90.0 Å². The normalized spacial score (nSPS) is 10.6. The lowest BCUT2D eigenvalue weighted by molar-refractivity contribution is 0.0735. The molecule has 0 N–H and O–H groups in total. The number of carbonyl (C=O) groups is 1. The van der Waals surface area contributed by atoms with Crippen LogP contribution in [0, 0.1) is 0 Å². The molecular weight excluding hydrogens is 288 g/mol. The highest BCUT2D eigenvalue weighted by Gasteiger charge is 2.07. The van der Waals surface area contributed by atoms with Crippen LogP contribution in [0.25, 0.3) is 12.2 Å². The third kappa shape index (κ3) is 4.11. The highest BCUT2D eigenvalue weighted by atomic mass is 16.5. The van der Waals surface area contributed by atoms with E-state index >= 15 is 0 Å². The Kier molecular flexibility index (Phi) is 4.55. The second kappa shape index (κ2) is 7.13. The van der Waals surface area contributed by atoms with Crippen LogP contribution in [0.4, 0.5) is 0 Å². The predicted octanol–water partition coefficient (Wildman–Crippen LogP) is 3.87. The van der Waals surface area contributed by atoms with Gasteiger partial charge in [-0.1, -0.05) is 36.4 Å². The molecule has 0 radical (unpaired) electrons. The molecule has 1 aromatic heterocycles. The van der Waals surface area contributed by atoms with Crippen LogP contribution < -0.4 is 4.74 Å². The standard InChI is InChI=1S/C19H14N2O2/c22-19(16-4-2-1-3-5-16)23-18-10-7-15(8-11-18)6-9-17-14-20-12-13-21-17/h1-14H/b9-6+. The molecular formula is C19H14N2O2. The van der Waals surface area contributed by atoms with E-state index in [1.807, 2.05) is 30.4 Å². The molecule has 0 spiro atoms. The van der Waals surface area contributed by atoms with Crippen LogP contribution in [-0.4, -0.2) is 15.9 Å². The van der Waals surface area contributed by atoms with Gasteiger partial charge in [0.1, 0.15) is 5.75 Å². The summed E-state index contributed by atoms with van der Waals surface area (Å²) in [5.74, 6) is 0.143. The molecule has 0 atom stereocenters. The summed E-state index contributed by atoms with van der Waals surface area (Å²) in [6.07, 6.45) is 8.76. The van der Waals surface area contributed by atoms with Crippen LogP contribution in [-0.2, 0) is 0 Å². The molecule has 0 bridgehead atoms. The second-order valence-electron chi connectivity index (χ2n) is 4.79. The highest BCUT2D eigenvalue weighted by Crippen LogP contribution is 2.15. The van der Waals surface area contributed by atoms with E-state index in [2.05, 4.69) is 9.97 Å². The number of aromatic nitrogens is 2. The number of hydrogen-bond acceptors (Lipinski definition) is 4. The van der Waals surface area contributed by atoms with Gasteiger partial charge in [-0.25, -0.2) is 4.79 Å². The molecule has 4 nitrogen and oxygen atoms in total. The largest absolute Gasteiger partial charge is 0.423 e. The van der Waals surface area contributed by atoms with Crippen LogP contribution in [0.1, 0.15) is 21.6 Å². The maximum absolute atomic E-state index is 12.0. The van der Waals surface area contributed by atoms with Crippen LogP contribution in [0.3, 0.4) is 0 Å². The van der Waals surface area contributed by atoms with E-state index in [1.165, 1.54) is 0 Å². The first-order valence-electron chi connectivity index (χ1n) is 7.13. The smallest absolute Gasteiger partial charge is 0.343 e. The first-order valence-corrected chi connectivity index (χ1v) is 7.13. The molecule has 0 amide bonds. The zero-order valence-electron chi connectivity index (χ0n) is 12.3. The van der Waals surface area contributed by atoms with E-state index in [1.54, 1.807) is 55.0 Å². The second-order valence-corrected chi connectivity index (χ2v) is 4.79. The topological polar surface area (TPSA) is 52.1 Å². The van der Waals surface area contributed by atoms with E-state index in [9.17, 15) is 4.79 Å². The Morgan fingerprint density at radius 3 is 2.39 bits per heavy atom. The van der Waals surface area contributed by atoms with E-state index in [0.717, 1.165) is 11.3 Å². The lowest BCUT2D eigenvalue weighted by Gasteiger charge is -2.04. The molecule has 4 heteroatoms. The van der Waals surface area contributed by atoms with Crippen LogP contribution in [0.2, 0.25) is 0 Å². The van der Waals surface area contributed by atoms with Crippen molar-refractivity contribution in [1.82, 2.24) is 9.97 Å². The summed E-state index contributed by atoms with van der Waals surface area (Å²) < 4.78 is 5.33. The molecule has 3 rings (SSSR count). The molecule has 23 heavy (non-hydrogen) atoms. The number of ether oxygens (including phenoxy) is 1. The summed E-state index contributed by atoms with van der Waals surface area (Å²) in [5, 5.41) is 0. The minimum atomic E-state index is -0.367. The average molecular weight is 302 g/mol. The predicted molar refractivity (Wildman–Crippen MR) is 88.8 cm³/mol. The Balaban J connectivity index is 1.65. The van der Waals surface area contributed by atoms with Gasteiger partial charge in [-0.3, -0.25) is 9.97 Å². The van der Waals surface area contributed by atoms with E-state index in [4.69, 9.17) is 4.74 Å². The molecule has 0 saturated heterocycles. The number of benzene rings is 2. The fourth-order valence-electron chi connectivity index (χ4n) is 1.97. The fourth-order valence-corrected chi connectivity index (χ4v) is 1.97. The molecule has 0 aliphatic rings. The Morgan fingerprint density at radius 2 is 1.70 bits per heavy atom. The minimum absolute atomic E-state index is 0.367. The van der Waals surface area contributed by atoms with Crippen molar-refractivity contribution in [3.63, 3.8) is 0 Å². The summed E-state index contributed by atoms with van der Waals surface area (Å²) in [4.78, 5) is 20.1. The Labute approximate surface area is 134 Å². The summed E-state index contributed by atoms with van der Waals surface area (Å²) in [6, 6.07) is 16.2. The SMILES string of the molecule is O=C(Oc1ccc(/C=C/c2cnccn2)cc1)c1ccccc1. The number of hydrogen-bond donors (Lipinski definition) is 0. The zero-order chi connectivity index (χ0) is 15.9. The van der Waals surface area contributed by atoms with Crippen molar-refractivity contribution in [1.29, 1.82) is 0 Å². The first-order chi connectivity index (χ1) is 11.3. The molecule has 1 heterocycles. The van der Waals surface area contributed by atoms with Gasteiger partial charge in [-0.15, -0.1) is 0 Å². The van der Waals surface area contributed by atoms with Gasteiger partial charge in [-0.05, 0) is 35.9 Å². The van der Waals surface area contributed by atoms with Crippen molar-refractivity contribution in [3.8, 4) is 5.75 Å². The van der Waals surface area contributed by atoms with Crippen molar-refractivity contribution >= 4 is 18.1 Å². The van der Waals surface area contributed by atoms with Gasteiger partial charge in [0.2, 0.25) is 0 Å².